The first-order valence-electron chi connectivity index (χ1n) is 3.63. The Balaban J connectivity index is 2.45. The molecule has 4 nitrogen and oxygen atoms in total. The third-order valence-electron chi connectivity index (χ3n) is 1.31. The Bertz CT molecular complexity index is 313. The molecule has 0 bridgehead atoms. The van der Waals surface area contributed by atoms with Crippen LogP contribution in [-0.2, 0) is 16.0 Å². The summed E-state index contributed by atoms with van der Waals surface area (Å²) < 4.78 is 5.30. The summed E-state index contributed by atoms with van der Waals surface area (Å²) in [5.41, 5.74) is 6.11. The zero-order valence-corrected chi connectivity index (χ0v) is 8.61. The maximum Gasteiger partial charge on any atom is 0.302 e. The number of nitrogens with zero attached hydrogens (tertiary/aromatic N) is 1. The summed E-state index contributed by atoms with van der Waals surface area (Å²) in [5.74, 6) is -0.306. The van der Waals surface area contributed by atoms with Crippen LogP contribution in [0.1, 0.15) is 12.6 Å². The van der Waals surface area contributed by atoms with E-state index < -0.39 is 0 Å². The number of ether oxygens (including phenoxy) is 1. The Morgan fingerprint density at radius 1 is 1.77 bits per heavy atom. The number of nitrogen functional groups attached to an aromatic ring is 1. The molecule has 0 aromatic carbocycles. The normalized spacial score (nSPS) is 10.0. The van der Waals surface area contributed by atoms with Crippen molar-refractivity contribution in [2.45, 2.75) is 13.3 Å². The van der Waals surface area contributed by atoms with E-state index in [1.54, 1.807) is 0 Å². The molecule has 0 saturated heterocycles. The second-order valence-electron chi connectivity index (χ2n) is 2.36. The number of rotatable bonds is 3. The fraction of sp³-hybridized carbons (Fsp3) is 0.429. The van der Waals surface area contributed by atoms with Crippen LogP contribution in [0.4, 0.5) is 5.13 Å². The van der Waals surface area contributed by atoms with E-state index >= 15 is 0 Å². The summed E-state index contributed by atoms with van der Waals surface area (Å²) in [7, 11) is 0. The van der Waals surface area contributed by atoms with Gasteiger partial charge in [0.05, 0.1) is 12.3 Å². The molecule has 13 heavy (non-hydrogen) atoms. The van der Waals surface area contributed by atoms with Crippen LogP contribution < -0.4 is 5.73 Å². The highest BCUT2D eigenvalue weighted by atomic mass is 35.5. The lowest BCUT2D eigenvalue weighted by Gasteiger charge is -1.98. The second kappa shape index (κ2) is 4.43. The minimum atomic E-state index is -0.306. The summed E-state index contributed by atoms with van der Waals surface area (Å²) in [5, 5.41) is 0.433. The zero-order chi connectivity index (χ0) is 9.84. The lowest BCUT2D eigenvalue weighted by Crippen LogP contribution is -2.03. The summed E-state index contributed by atoms with van der Waals surface area (Å²) >= 11 is 7.02. The van der Waals surface area contributed by atoms with Gasteiger partial charge in [0.15, 0.2) is 5.13 Å². The highest BCUT2D eigenvalue weighted by Gasteiger charge is 2.07. The van der Waals surface area contributed by atoms with Crippen LogP contribution in [0.25, 0.3) is 0 Å². The molecule has 0 fully saturated rings. The average molecular weight is 221 g/mol. The van der Waals surface area contributed by atoms with E-state index in [9.17, 15) is 4.79 Å². The van der Waals surface area contributed by atoms with Crippen molar-refractivity contribution in [3.05, 3.63) is 10.0 Å². The largest absolute Gasteiger partial charge is 0.465 e. The minimum Gasteiger partial charge on any atom is -0.465 e. The molecule has 0 radical (unpaired) electrons. The molecule has 0 spiro atoms. The van der Waals surface area contributed by atoms with Gasteiger partial charge in [-0.3, -0.25) is 4.79 Å². The molecule has 1 aromatic heterocycles. The number of carbonyl (C=O) groups excluding carboxylic acids is 1. The number of hydrogen-bond acceptors (Lipinski definition) is 5. The van der Waals surface area contributed by atoms with E-state index in [0.717, 1.165) is 0 Å². The molecule has 1 aromatic rings. The smallest absolute Gasteiger partial charge is 0.302 e. The summed E-state index contributed by atoms with van der Waals surface area (Å²) in [6.07, 6.45) is 0.506. The molecule has 0 amide bonds. The van der Waals surface area contributed by atoms with E-state index in [-0.39, 0.29) is 12.6 Å². The van der Waals surface area contributed by atoms with Gasteiger partial charge < -0.3 is 10.5 Å². The molecule has 6 heteroatoms. The topological polar surface area (TPSA) is 65.2 Å². The van der Waals surface area contributed by atoms with Gasteiger partial charge in [-0.05, 0) is 0 Å². The van der Waals surface area contributed by atoms with Crippen molar-refractivity contribution in [1.29, 1.82) is 0 Å². The van der Waals surface area contributed by atoms with Crippen LogP contribution in [0, 0.1) is 0 Å². The highest BCUT2D eigenvalue weighted by molar-refractivity contribution is 7.19. The predicted molar refractivity (Wildman–Crippen MR) is 51.9 cm³/mol. The lowest BCUT2D eigenvalue weighted by molar-refractivity contribution is -0.140. The molecule has 0 aliphatic carbocycles. The van der Waals surface area contributed by atoms with Gasteiger partial charge >= 0.3 is 5.97 Å². The lowest BCUT2D eigenvalue weighted by atomic mass is 10.4. The fourth-order valence-electron chi connectivity index (χ4n) is 0.796. The van der Waals surface area contributed by atoms with Gasteiger partial charge in [-0.25, -0.2) is 4.98 Å². The number of hydrogen-bond donors (Lipinski definition) is 1. The molecule has 0 atom stereocenters. The Morgan fingerprint density at radius 2 is 2.46 bits per heavy atom. The van der Waals surface area contributed by atoms with Crippen LogP contribution in [0.3, 0.4) is 0 Å². The monoisotopic (exact) mass is 220 g/mol. The summed E-state index contributed by atoms with van der Waals surface area (Å²) in [6, 6.07) is 0. The van der Waals surface area contributed by atoms with Gasteiger partial charge in [-0.15, -0.1) is 0 Å². The summed E-state index contributed by atoms with van der Waals surface area (Å²) in [6.45, 7) is 1.65. The van der Waals surface area contributed by atoms with Crippen molar-refractivity contribution in [2.75, 3.05) is 12.3 Å². The summed E-state index contributed by atoms with van der Waals surface area (Å²) in [4.78, 5) is 14.4. The maximum atomic E-state index is 10.4. The second-order valence-corrected chi connectivity index (χ2v) is 4.00. The molecule has 2 N–H and O–H groups in total. The third kappa shape index (κ3) is 3.20. The SMILES string of the molecule is CC(=O)OCCc1nc(N)sc1Cl. The van der Waals surface area contributed by atoms with E-state index in [2.05, 4.69) is 4.98 Å². The first kappa shape index (κ1) is 10.3. The van der Waals surface area contributed by atoms with Gasteiger partial charge in [0.1, 0.15) is 4.34 Å². The number of esters is 1. The van der Waals surface area contributed by atoms with Crippen LogP contribution in [-0.4, -0.2) is 17.6 Å². The van der Waals surface area contributed by atoms with E-state index in [4.69, 9.17) is 22.1 Å². The Hall–Kier alpha value is -0.810. The van der Waals surface area contributed by atoms with E-state index in [1.807, 2.05) is 0 Å². The number of halogens is 1. The van der Waals surface area contributed by atoms with Gasteiger partial charge in [0, 0.05) is 13.3 Å². The van der Waals surface area contributed by atoms with Crippen molar-refractivity contribution >= 4 is 34.0 Å². The zero-order valence-electron chi connectivity index (χ0n) is 7.04. The van der Waals surface area contributed by atoms with E-state index in [1.165, 1.54) is 18.3 Å². The van der Waals surface area contributed by atoms with Crippen molar-refractivity contribution in [1.82, 2.24) is 4.98 Å². The molecule has 1 heterocycles. The average Bonchev–Trinajstić information content (AvgIpc) is 2.29. The quantitative estimate of drug-likeness (QED) is 0.784. The van der Waals surface area contributed by atoms with Crippen LogP contribution in [0.2, 0.25) is 4.34 Å². The van der Waals surface area contributed by atoms with Crippen molar-refractivity contribution in [2.24, 2.45) is 0 Å². The molecule has 1 rings (SSSR count). The molecular formula is C7H9ClN2O2S. The fourth-order valence-corrected chi connectivity index (χ4v) is 1.77. The number of carbonyl (C=O) groups is 1. The van der Waals surface area contributed by atoms with Gasteiger partial charge in [-0.2, -0.15) is 0 Å². The van der Waals surface area contributed by atoms with Crippen LogP contribution in [0.15, 0.2) is 0 Å². The highest BCUT2D eigenvalue weighted by Crippen LogP contribution is 2.25. The third-order valence-corrected chi connectivity index (χ3v) is 2.48. The van der Waals surface area contributed by atoms with E-state index in [0.29, 0.717) is 21.6 Å². The number of anilines is 1. The maximum absolute atomic E-state index is 10.4. The Kier molecular flexibility index (Phi) is 3.50. The van der Waals surface area contributed by atoms with Gasteiger partial charge in [0.25, 0.3) is 0 Å². The Morgan fingerprint density at radius 3 is 2.92 bits per heavy atom. The van der Waals surface area contributed by atoms with Gasteiger partial charge in [0.2, 0.25) is 0 Å². The molecule has 0 saturated carbocycles. The minimum absolute atomic E-state index is 0.290. The number of thiazole rings is 1. The first-order chi connectivity index (χ1) is 6.09. The Labute approximate surface area is 84.7 Å². The number of nitrogens with two attached hydrogens (primary N) is 1. The van der Waals surface area contributed by atoms with Crippen molar-refractivity contribution in [3.63, 3.8) is 0 Å². The van der Waals surface area contributed by atoms with Crippen LogP contribution in [0.5, 0.6) is 0 Å². The standard InChI is InChI=1S/C7H9ClN2O2S/c1-4(11)12-3-2-5-6(8)13-7(9)10-5/h2-3H2,1H3,(H2,9,10). The van der Waals surface area contributed by atoms with Crippen LogP contribution >= 0.6 is 22.9 Å². The molecule has 0 aliphatic heterocycles. The molecule has 0 unspecified atom stereocenters. The van der Waals surface area contributed by atoms with Gasteiger partial charge in [-0.1, -0.05) is 22.9 Å². The van der Waals surface area contributed by atoms with Crippen molar-refractivity contribution in [3.8, 4) is 0 Å². The number of aromatic nitrogens is 1. The predicted octanol–water partition coefficient (Wildman–Crippen LogP) is 1.48. The molecule has 72 valence electrons. The van der Waals surface area contributed by atoms with Crippen molar-refractivity contribution < 1.29 is 9.53 Å². The molecule has 0 aliphatic rings. The first-order valence-corrected chi connectivity index (χ1v) is 4.83. The molecular weight excluding hydrogens is 212 g/mol.